The predicted molar refractivity (Wildman–Crippen MR) is 99.1 cm³/mol. The third-order valence-corrected chi connectivity index (χ3v) is 4.67. The van der Waals surface area contributed by atoms with Crippen molar-refractivity contribution in [3.8, 4) is 0 Å². The van der Waals surface area contributed by atoms with E-state index in [0.29, 0.717) is 29.7 Å². The Kier molecular flexibility index (Phi) is 7.68. The molecular formula is C18H29ClN4O2+2. The Morgan fingerprint density at radius 2 is 1.60 bits per heavy atom. The predicted octanol–water partition coefficient (Wildman–Crippen LogP) is -1.17. The quantitative estimate of drug-likeness (QED) is 0.490. The van der Waals surface area contributed by atoms with Gasteiger partial charge in [0.25, 0.3) is 11.8 Å². The molecule has 1 fully saturated rings. The minimum absolute atomic E-state index is 0.0266. The summed E-state index contributed by atoms with van der Waals surface area (Å²) in [4.78, 5) is 26.6. The maximum atomic E-state index is 12.2. The average molecular weight is 369 g/mol. The van der Waals surface area contributed by atoms with Gasteiger partial charge >= 0.3 is 0 Å². The van der Waals surface area contributed by atoms with Crippen LogP contribution in [-0.2, 0) is 9.59 Å². The van der Waals surface area contributed by atoms with Gasteiger partial charge in [-0.1, -0.05) is 37.6 Å². The molecule has 1 aliphatic heterocycles. The summed E-state index contributed by atoms with van der Waals surface area (Å²) in [7, 11) is 0. The highest BCUT2D eigenvalue weighted by Gasteiger charge is 2.26. The third-order valence-electron chi connectivity index (χ3n) is 4.34. The molecule has 0 aromatic heterocycles. The van der Waals surface area contributed by atoms with E-state index in [1.165, 1.54) is 9.80 Å². The van der Waals surface area contributed by atoms with Gasteiger partial charge in [0.05, 0.1) is 10.7 Å². The second kappa shape index (κ2) is 9.75. The van der Waals surface area contributed by atoms with E-state index in [1.54, 1.807) is 12.1 Å². The van der Waals surface area contributed by atoms with Gasteiger partial charge in [0, 0.05) is 6.54 Å². The SMILES string of the molecule is CC(C)CNC(=O)C[NH+]1CC[NH+](CC(=O)Nc2ccccc2Cl)CC1. The maximum absolute atomic E-state index is 12.2. The number of nitrogens with one attached hydrogen (secondary N) is 4. The molecular weight excluding hydrogens is 340 g/mol. The third kappa shape index (κ3) is 7.02. The first-order valence-electron chi connectivity index (χ1n) is 8.92. The molecule has 138 valence electrons. The zero-order valence-electron chi connectivity index (χ0n) is 15.0. The number of carbonyl (C=O) groups excluding carboxylic acids is 2. The first-order valence-corrected chi connectivity index (χ1v) is 9.30. The Balaban J connectivity index is 1.69. The number of hydrogen-bond acceptors (Lipinski definition) is 2. The van der Waals surface area contributed by atoms with Crippen LogP contribution in [0.15, 0.2) is 24.3 Å². The van der Waals surface area contributed by atoms with Crippen molar-refractivity contribution in [1.29, 1.82) is 0 Å². The number of rotatable bonds is 7. The standard InChI is InChI=1S/C18H27ClN4O2/c1-14(2)11-20-17(24)12-22-7-9-23(10-8-22)13-18(25)21-16-6-4-3-5-15(16)19/h3-6,14H,7-13H2,1-2H3,(H,20,24)(H,21,25)/p+2. The number of carbonyl (C=O) groups is 2. The van der Waals surface area contributed by atoms with Crippen LogP contribution >= 0.6 is 11.6 Å². The number of anilines is 1. The molecule has 1 aromatic carbocycles. The van der Waals surface area contributed by atoms with Gasteiger partial charge in [-0.15, -0.1) is 0 Å². The minimum Gasteiger partial charge on any atom is -0.351 e. The monoisotopic (exact) mass is 368 g/mol. The highest BCUT2D eigenvalue weighted by atomic mass is 35.5. The van der Waals surface area contributed by atoms with Crippen LogP contribution in [0.2, 0.25) is 5.02 Å². The smallest absolute Gasteiger partial charge is 0.279 e. The summed E-state index contributed by atoms with van der Waals surface area (Å²) in [6.45, 7) is 9.44. The molecule has 0 bridgehead atoms. The van der Waals surface area contributed by atoms with Gasteiger partial charge in [0.2, 0.25) is 0 Å². The Morgan fingerprint density at radius 3 is 2.16 bits per heavy atom. The van der Waals surface area contributed by atoms with E-state index in [2.05, 4.69) is 24.5 Å². The number of quaternary nitrogens is 2. The molecule has 0 radical (unpaired) electrons. The fraction of sp³-hybridized carbons (Fsp3) is 0.556. The van der Waals surface area contributed by atoms with Crippen LogP contribution in [-0.4, -0.2) is 57.6 Å². The molecule has 0 aliphatic carbocycles. The number of hydrogen-bond donors (Lipinski definition) is 4. The van der Waals surface area contributed by atoms with Crippen LogP contribution in [0.5, 0.6) is 0 Å². The van der Waals surface area contributed by atoms with Crippen LogP contribution in [0, 0.1) is 5.92 Å². The van der Waals surface area contributed by atoms with E-state index in [-0.39, 0.29) is 11.8 Å². The second-order valence-corrected chi connectivity index (χ2v) is 7.49. The average Bonchev–Trinajstić information content (AvgIpc) is 2.57. The molecule has 2 amide bonds. The molecule has 0 atom stereocenters. The number of halogens is 1. The van der Waals surface area contributed by atoms with Crippen molar-refractivity contribution in [2.75, 3.05) is 51.1 Å². The molecule has 6 nitrogen and oxygen atoms in total. The minimum atomic E-state index is -0.0266. The Hall–Kier alpha value is -1.63. The highest BCUT2D eigenvalue weighted by Crippen LogP contribution is 2.19. The molecule has 7 heteroatoms. The number of para-hydroxylation sites is 1. The lowest BCUT2D eigenvalue weighted by atomic mass is 10.2. The summed E-state index contributed by atoms with van der Waals surface area (Å²) >= 11 is 6.06. The fourth-order valence-electron chi connectivity index (χ4n) is 2.90. The molecule has 2 rings (SSSR count). The van der Waals surface area contributed by atoms with Crippen LogP contribution in [0.1, 0.15) is 13.8 Å². The van der Waals surface area contributed by atoms with Crippen molar-refractivity contribution in [3.05, 3.63) is 29.3 Å². The molecule has 1 saturated heterocycles. The molecule has 1 aromatic rings. The second-order valence-electron chi connectivity index (χ2n) is 7.08. The van der Waals surface area contributed by atoms with Crippen LogP contribution in [0.3, 0.4) is 0 Å². The summed E-state index contributed by atoms with van der Waals surface area (Å²) in [5.41, 5.74) is 0.652. The van der Waals surface area contributed by atoms with Crippen molar-refractivity contribution in [1.82, 2.24) is 5.32 Å². The summed E-state index contributed by atoms with van der Waals surface area (Å²) in [6, 6.07) is 7.24. The summed E-state index contributed by atoms with van der Waals surface area (Å²) in [5, 5.41) is 6.38. The Bertz CT molecular complexity index is 586. The topological polar surface area (TPSA) is 67.1 Å². The fourth-order valence-corrected chi connectivity index (χ4v) is 3.09. The van der Waals surface area contributed by atoms with Gasteiger partial charge in [0.15, 0.2) is 13.1 Å². The maximum Gasteiger partial charge on any atom is 0.279 e. The van der Waals surface area contributed by atoms with Crippen molar-refractivity contribution in [2.45, 2.75) is 13.8 Å². The van der Waals surface area contributed by atoms with Gasteiger partial charge in [-0.3, -0.25) is 9.59 Å². The number of piperazine rings is 1. The molecule has 4 N–H and O–H groups in total. The van der Waals surface area contributed by atoms with Crippen LogP contribution in [0.4, 0.5) is 5.69 Å². The van der Waals surface area contributed by atoms with Gasteiger partial charge in [-0.25, -0.2) is 0 Å². The van der Waals surface area contributed by atoms with Gasteiger partial charge in [-0.05, 0) is 18.1 Å². The highest BCUT2D eigenvalue weighted by molar-refractivity contribution is 6.33. The zero-order chi connectivity index (χ0) is 18.2. The van der Waals surface area contributed by atoms with E-state index in [1.807, 2.05) is 12.1 Å². The van der Waals surface area contributed by atoms with Crippen molar-refractivity contribution in [2.24, 2.45) is 5.92 Å². The normalized spacial score (nSPS) is 20.3. The lowest BCUT2D eigenvalue weighted by Crippen LogP contribution is -3.28. The van der Waals surface area contributed by atoms with E-state index in [0.717, 1.165) is 32.7 Å². The van der Waals surface area contributed by atoms with E-state index in [4.69, 9.17) is 11.6 Å². The molecule has 0 spiro atoms. The van der Waals surface area contributed by atoms with Crippen molar-refractivity contribution >= 4 is 29.1 Å². The van der Waals surface area contributed by atoms with Crippen LogP contribution < -0.4 is 20.4 Å². The lowest BCUT2D eigenvalue weighted by Gasteiger charge is -2.29. The molecule has 0 unspecified atom stereocenters. The molecule has 1 heterocycles. The van der Waals surface area contributed by atoms with Gasteiger partial charge in [0.1, 0.15) is 26.2 Å². The number of benzene rings is 1. The lowest BCUT2D eigenvalue weighted by molar-refractivity contribution is -1.00. The van der Waals surface area contributed by atoms with Gasteiger partial charge < -0.3 is 20.4 Å². The largest absolute Gasteiger partial charge is 0.351 e. The zero-order valence-corrected chi connectivity index (χ0v) is 15.8. The first-order chi connectivity index (χ1) is 11.9. The molecule has 0 saturated carbocycles. The van der Waals surface area contributed by atoms with Crippen molar-refractivity contribution < 1.29 is 19.4 Å². The van der Waals surface area contributed by atoms with Crippen LogP contribution in [0.25, 0.3) is 0 Å². The molecule has 1 aliphatic rings. The Labute approximate surface area is 154 Å². The van der Waals surface area contributed by atoms with E-state index < -0.39 is 0 Å². The summed E-state index contributed by atoms with van der Waals surface area (Å²) in [5.74, 6) is 0.557. The molecule has 25 heavy (non-hydrogen) atoms. The summed E-state index contributed by atoms with van der Waals surface area (Å²) < 4.78 is 0. The van der Waals surface area contributed by atoms with E-state index >= 15 is 0 Å². The first kappa shape index (κ1) is 19.7. The Morgan fingerprint density at radius 1 is 1.04 bits per heavy atom. The van der Waals surface area contributed by atoms with E-state index in [9.17, 15) is 9.59 Å². The van der Waals surface area contributed by atoms with Crippen molar-refractivity contribution in [3.63, 3.8) is 0 Å². The van der Waals surface area contributed by atoms with Gasteiger partial charge in [-0.2, -0.15) is 0 Å². The summed E-state index contributed by atoms with van der Waals surface area (Å²) in [6.07, 6.45) is 0. The number of amides is 2.